The van der Waals surface area contributed by atoms with E-state index < -0.39 is 10.0 Å². The number of aromatic nitrogens is 2. The van der Waals surface area contributed by atoms with Crippen molar-refractivity contribution in [3.05, 3.63) is 0 Å². The normalized spacial score (nSPS) is 13.2. The van der Waals surface area contributed by atoms with Gasteiger partial charge in [-0.05, 0) is 27.9 Å². The second-order valence-electron chi connectivity index (χ2n) is 4.44. The molecular weight excluding hydrogens is 262 g/mol. The molecule has 0 amide bonds. The summed E-state index contributed by atoms with van der Waals surface area (Å²) in [6.45, 7) is 4.15. The lowest BCUT2D eigenvalue weighted by molar-refractivity contribution is 0.199. The molecule has 0 radical (unpaired) electrons. The monoisotopic (exact) mass is 279 g/mol. The number of sulfonamides is 1. The minimum Gasteiger partial charge on any atom is -0.374 e. The van der Waals surface area contributed by atoms with Crippen LogP contribution < -0.4 is 10.5 Å². The van der Waals surface area contributed by atoms with E-state index in [1.165, 1.54) is 0 Å². The van der Waals surface area contributed by atoms with Crippen molar-refractivity contribution in [3.8, 4) is 0 Å². The first kappa shape index (κ1) is 14.3. The van der Waals surface area contributed by atoms with Gasteiger partial charge in [-0.3, -0.25) is 0 Å². The van der Waals surface area contributed by atoms with Gasteiger partial charge in [0, 0.05) is 12.1 Å². The quantitative estimate of drug-likeness (QED) is 0.770. The van der Waals surface area contributed by atoms with Gasteiger partial charge in [0.2, 0.25) is 9.47 Å². The zero-order valence-corrected chi connectivity index (χ0v) is 11.9. The minimum atomic E-state index is -3.62. The van der Waals surface area contributed by atoms with Crippen molar-refractivity contribution < 1.29 is 8.42 Å². The Bertz CT molecular complexity index is 480. The first-order chi connectivity index (χ1) is 7.65. The number of nitrogen functional groups attached to an aromatic ring is 1. The number of hydrogen-bond donors (Lipinski definition) is 2. The summed E-state index contributed by atoms with van der Waals surface area (Å²) < 4.78 is 26.1. The van der Waals surface area contributed by atoms with Crippen LogP contribution in [0.1, 0.15) is 13.8 Å². The predicted molar refractivity (Wildman–Crippen MR) is 67.3 cm³/mol. The summed E-state index contributed by atoms with van der Waals surface area (Å²) in [5.74, 6) is 0. The molecule has 1 aromatic rings. The van der Waals surface area contributed by atoms with Gasteiger partial charge in [0.15, 0.2) is 0 Å². The Kier molecular flexibility index (Phi) is 4.07. The van der Waals surface area contributed by atoms with Gasteiger partial charge in [0.05, 0.1) is 0 Å². The van der Waals surface area contributed by atoms with Gasteiger partial charge < -0.3 is 10.6 Å². The number of hydrogen-bond acceptors (Lipinski definition) is 7. The van der Waals surface area contributed by atoms with Crippen molar-refractivity contribution in [2.45, 2.75) is 23.7 Å². The lowest BCUT2D eigenvalue weighted by Crippen LogP contribution is -2.48. The second-order valence-corrected chi connectivity index (χ2v) is 7.39. The van der Waals surface area contributed by atoms with Gasteiger partial charge in [0.25, 0.3) is 10.0 Å². The Morgan fingerprint density at radius 1 is 1.41 bits per heavy atom. The summed E-state index contributed by atoms with van der Waals surface area (Å²) in [5.41, 5.74) is 5.06. The van der Waals surface area contributed by atoms with E-state index in [9.17, 15) is 8.42 Å². The van der Waals surface area contributed by atoms with Crippen LogP contribution in [-0.4, -0.2) is 49.7 Å². The van der Waals surface area contributed by atoms with E-state index in [0.717, 1.165) is 11.3 Å². The van der Waals surface area contributed by atoms with Crippen LogP contribution in [0.2, 0.25) is 0 Å². The highest BCUT2D eigenvalue weighted by atomic mass is 32.2. The largest absolute Gasteiger partial charge is 0.374 e. The van der Waals surface area contributed by atoms with Crippen molar-refractivity contribution >= 4 is 26.5 Å². The Morgan fingerprint density at radius 3 is 2.41 bits per heavy atom. The molecule has 0 aliphatic rings. The molecule has 9 heteroatoms. The van der Waals surface area contributed by atoms with Crippen LogP contribution in [0.5, 0.6) is 0 Å². The molecule has 0 aromatic carbocycles. The van der Waals surface area contributed by atoms with Gasteiger partial charge in [-0.2, -0.15) is 0 Å². The lowest BCUT2D eigenvalue weighted by Gasteiger charge is -2.32. The van der Waals surface area contributed by atoms with Gasteiger partial charge >= 0.3 is 0 Å². The van der Waals surface area contributed by atoms with E-state index in [0.29, 0.717) is 0 Å². The molecule has 3 N–H and O–H groups in total. The highest BCUT2D eigenvalue weighted by Crippen LogP contribution is 2.17. The minimum absolute atomic E-state index is 0.107. The van der Waals surface area contributed by atoms with Crippen LogP contribution in [0, 0.1) is 0 Å². The van der Waals surface area contributed by atoms with E-state index >= 15 is 0 Å². The summed E-state index contributed by atoms with van der Waals surface area (Å²) in [6.07, 6.45) is 0. The van der Waals surface area contributed by atoms with Crippen molar-refractivity contribution in [3.63, 3.8) is 0 Å². The topological polar surface area (TPSA) is 101 Å². The number of nitrogens with two attached hydrogens (primary N) is 1. The first-order valence-electron chi connectivity index (χ1n) is 4.91. The fraction of sp³-hybridized carbons (Fsp3) is 0.750. The van der Waals surface area contributed by atoms with E-state index in [1.54, 1.807) is 0 Å². The molecule has 98 valence electrons. The molecule has 0 bridgehead atoms. The molecule has 0 aliphatic heterocycles. The van der Waals surface area contributed by atoms with Crippen molar-refractivity contribution in [2.75, 3.05) is 26.4 Å². The fourth-order valence-electron chi connectivity index (χ4n) is 0.820. The average molecular weight is 279 g/mol. The smallest absolute Gasteiger partial charge is 0.269 e. The van der Waals surface area contributed by atoms with Crippen LogP contribution in [0.25, 0.3) is 0 Å². The summed E-state index contributed by atoms with van der Waals surface area (Å²) in [5, 5.41) is 7.13. The highest BCUT2D eigenvalue weighted by Gasteiger charge is 2.26. The van der Waals surface area contributed by atoms with E-state index in [4.69, 9.17) is 5.73 Å². The van der Waals surface area contributed by atoms with Crippen LogP contribution >= 0.6 is 11.3 Å². The molecule has 0 spiro atoms. The van der Waals surface area contributed by atoms with Gasteiger partial charge in [-0.1, -0.05) is 11.3 Å². The van der Waals surface area contributed by atoms with E-state index in [-0.39, 0.29) is 21.6 Å². The summed E-state index contributed by atoms with van der Waals surface area (Å²) in [4.78, 5) is 1.93. The Hall–Kier alpha value is -0.770. The number of likely N-dealkylation sites (N-methyl/N-ethyl adjacent to an activating group) is 1. The zero-order valence-electron chi connectivity index (χ0n) is 10.3. The van der Waals surface area contributed by atoms with Crippen molar-refractivity contribution in [1.82, 2.24) is 19.8 Å². The maximum Gasteiger partial charge on any atom is 0.269 e. The fourth-order valence-corrected chi connectivity index (χ4v) is 2.85. The first-order valence-corrected chi connectivity index (χ1v) is 7.21. The molecule has 0 saturated carbocycles. The maximum absolute atomic E-state index is 11.8. The molecule has 0 fully saturated rings. The van der Waals surface area contributed by atoms with Crippen LogP contribution in [-0.2, 0) is 10.0 Å². The van der Waals surface area contributed by atoms with Crippen LogP contribution in [0.15, 0.2) is 4.34 Å². The molecule has 0 saturated heterocycles. The third-order valence-electron chi connectivity index (χ3n) is 2.56. The molecular formula is C8H17N5O2S2. The Balaban J connectivity index is 2.76. The Labute approximate surface area is 105 Å². The number of anilines is 1. The molecule has 17 heavy (non-hydrogen) atoms. The molecule has 0 unspecified atom stereocenters. The Morgan fingerprint density at radius 2 is 2.00 bits per heavy atom. The molecule has 0 aliphatic carbocycles. The van der Waals surface area contributed by atoms with Crippen LogP contribution in [0.3, 0.4) is 0 Å². The van der Waals surface area contributed by atoms with Gasteiger partial charge in [-0.15, -0.1) is 10.2 Å². The average Bonchev–Trinajstić information content (AvgIpc) is 2.63. The van der Waals surface area contributed by atoms with Crippen molar-refractivity contribution in [1.29, 1.82) is 0 Å². The molecule has 1 aromatic heterocycles. The lowest BCUT2D eigenvalue weighted by atomic mass is 10.1. The van der Waals surface area contributed by atoms with E-state index in [1.807, 2.05) is 32.8 Å². The van der Waals surface area contributed by atoms with Gasteiger partial charge in [-0.25, -0.2) is 13.1 Å². The second kappa shape index (κ2) is 4.84. The molecule has 7 nitrogen and oxygen atoms in total. The molecule has 1 rings (SSSR count). The number of nitrogens with one attached hydrogen (secondary N) is 1. The summed E-state index contributed by atoms with van der Waals surface area (Å²) >= 11 is 0.845. The predicted octanol–water partition coefficient (Wildman–Crippen LogP) is -0.261. The van der Waals surface area contributed by atoms with E-state index in [2.05, 4.69) is 14.9 Å². The van der Waals surface area contributed by atoms with Crippen molar-refractivity contribution in [2.24, 2.45) is 0 Å². The summed E-state index contributed by atoms with van der Waals surface area (Å²) in [7, 11) is 0.154. The maximum atomic E-state index is 11.8. The molecule has 1 heterocycles. The van der Waals surface area contributed by atoms with Gasteiger partial charge in [0.1, 0.15) is 0 Å². The number of nitrogens with zero attached hydrogens (tertiary/aromatic N) is 3. The highest BCUT2D eigenvalue weighted by molar-refractivity contribution is 7.91. The standard InChI is InChI=1S/C8H17N5O2S2/c1-8(2,13(3)4)5-10-17(14,15)7-12-11-6(9)16-7/h10H,5H2,1-4H3,(H2,9,11). The molecule has 0 atom stereocenters. The third-order valence-corrected chi connectivity index (χ3v) is 5.08. The third kappa shape index (κ3) is 3.60. The zero-order chi connectivity index (χ0) is 13.3. The number of rotatable bonds is 5. The SMILES string of the molecule is CN(C)C(C)(C)CNS(=O)(=O)c1nnc(N)s1. The van der Waals surface area contributed by atoms with Crippen LogP contribution in [0.4, 0.5) is 5.13 Å². The summed E-state index contributed by atoms with van der Waals surface area (Å²) in [6, 6.07) is 0.